The van der Waals surface area contributed by atoms with Gasteiger partial charge in [-0.2, -0.15) is 0 Å². The molecule has 20 heavy (non-hydrogen) atoms. The zero-order valence-electron chi connectivity index (χ0n) is 12.7. The van der Waals surface area contributed by atoms with Gasteiger partial charge in [-0.3, -0.25) is 4.79 Å². The molecule has 1 fully saturated rings. The minimum atomic E-state index is -0.371. The molecule has 0 heterocycles. The van der Waals surface area contributed by atoms with E-state index < -0.39 is 0 Å². The van der Waals surface area contributed by atoms with E-state index in [4.69, 9.17) is 4.74 Å². The summed E-state index contributed by atoms with van der Waals surface area (Å²) in [5.41, 5.74) is 0.666. The van der Waals surface area contributed by atoms with Crippen LogP contribution < -0.4 is 10.1 Å². The molecule has 0 radical (unpaired) electrons. The van der Waals surface area contributed by atoms with Crippen molar-refractivity contribution in [3.8, 4) is 5.75 Å². The monoisotopic (exact) mass is 275 g/mol. The largest absolute Gasteiger partial charge is 0.496 e. The van der Waals surface area contributed by atoms with Crippen LogP contribution in [0.1, 0.15) is 45.1 Å². The molecule has 1 N–H and O–H groups in total. The first kappa shape index (κ1) is 14.9. The van der Waals surface area contributed by atoms with E-state index in [0.29, 0.717) is 5.92 Å². The quantitative estimate of drug-likeness (QED) is 0.865. The number of carbonyl (C=O) groups is 1. The standard InChI is InChI=1S/C17H25NO2/c1-13(2)9-12-18-16(19)17(10-6-11-17)14-7-4-5-8-15(14)20-3/h4-5,7-8,13H,6,9-12H2,1-3H3,(H,18,19). The molecule has 3 nitrogen and oxygen atoms in total. The Labute approximate surface area is 121 Å². The lowest BCUT2D eigenvalue weighted by Crippen LogP contribution is -2.49. The second kappa shape index (κ2) is 6.29. The fraction of sp³-hybridized carbons (Fsp3) is 0.588. The highest BCUT2D eigenvalue weighted by molar-refractivity contribution is 5.90. The van der Waals surface area contributed by atoms with Gasteiger partial charge in [-0.1, -0.05) is 38.5 Å². The minimum absolute atomic E-state index is 0.161. The summed E-state index contributed by atoms with van der Waals surface area (Å²) >= 11 is 0. The van der Waals surface area contributed by atoms with E-state index in [1.165, 1.54) is 0 Å². The Morgan fingerprint density at radius 2 is 2.05 bits per heavy atom. The van der Waals surface area contributed by atoms with Crippen LogP contribution in [0.3, 0.4) is 0 Å². The Hall–Kier alpha value is -1.51. The molecule has 1 aromatic carbocycles. The average Bonchev–Trinajstić information content (AvgIpc) is 2.37. The summed E-state index contributed by atoms with van der Waals surface area (Å²) in [7, 11) is 1.67. The maximum atomic E-state index is 12.6. The molecule has 1 saturated carbocycles. The molecular formula is C17H25NO2. The molecule has 0 bridgehead atoms. The van der Waals surface area contributed by atoms with Crippen molar-refractivity contribution in [3.05, 3.63) is 29.8 Å². The Morgan fingerprint density at radius 3 is 2.60 bits per heavy atom. The van der Waals surface area contributed by atoms with E-state index in [0.717, 1.165) is 43.5 Å². The molecule has 1 aliphatic carbocycles. The molecule has 2 rings (SSSR count). The van der Waals surface area contributed by atoms with Crippen molar-refractivity contribution in [2.45, 2.75) is 44.9 Å². The fourth-order valence-corrected chi connectivity index (χ4v) is 2.83. The molecule has 0 saturated heterocycles. The Kier molecular flexibility index (Phi) is 4.69. The van der Waals surface area contributed by atoms with Crippen LogP contribution in [0.2, 0.25) is 0 Å². The summed E-state index contributed by atoms with van der Waals surface area (Å²) in [5.74, 6) is 1.60. The summed E-state index contributed by atoms with van der Waals surface area (Å²) in [6.45, 7) is 5.10. The van der Waals surface area contributed by atoms with Crippen molar-refractivity contribution in [1.29, 1.82) is 0 Å². The third-order valence-corrected chi connectivity index (χ3v) is 4.27. The van der Waals surface area contributed by atoms with Gasteiger partial charge in [-0.05, 0) is 31.2 Å². The molecule has 1 amide bonds. The maximum absolute atomic E-state index is 12.6. The molecule has 3 heteroatoms. The van der Waals surface area contributed by atoms with Crippen molar-refractivity contribution in [2.75, 3.05) is 13.7 Å². The Morgan fingerprint density at radius 1 is 1.35 bits per heavy atom. The smallest absolute Gasteiger partial charge is 0.230 e. The lowest BCUT2D eigenvalue weighted by atomic mass is 9.63. The van der Waals surface area contributed by atoms with Crippen LogP contribution in [-0.2, 0) is 10.2 Å². The number of benzene rings is 1. The van der Waals surface area contributed by atoms with Crippen LogP contribution in [0.4, 0.5) is 0 Å². The maximum Gasteiger partial charge on any atom is 0.230 e. The van der Waals surface area contributed by atoms with Crippen molar-refractivity contribution < 1.29 is 9.53 Å². The van der Waals surface area contributed by atoms with E-state index in [9.17, 15) is 4.79 Å². The normalized spacial score (nSPS) is 16.6. The van der Waals surface area contributed by atoms with Gasteiger partial charge in [0.1, 0.15) is 5.75 Å². The van der Waals surface area contributed by atoms with Gasteiger partial charge in [0.25, 0.3) is 0 Å². The number of para-hydroxylation sites is 1. The fourth-order valence-electron chi connectivity index (χ4n) is 2.83. The average molecular weight is 275 g/mol. The van der Waals surface area contributed by atoms with E-state index >= 15 is 0 Å². The number of methoxy groups -OCH3 is 1. The lowest BCUT2D eigenvalue weighted by molar-refractivity contribution is -0.130. The number of amides is 1. The van der Waals surface area contributed by atoms with Gasteiger partial charge < -0.3 is 10.1 Å². The van der Waals surface area contributed by atoms with Gasteiger partial charge in [0.2, 0.25) is 5.91 Å². The second-order valence-corrected chi connectivity index (χ2v) is 6.07. The van der Waals surface area contributed by atoms with E-state index in [2.05, 4.69) is 19.2 Å². The number of carbonyl (C=O) groups excluding carboxylic acids is 1. The minimum Gasteiger partial charge on any atom is -0.496 e. The second-order valence-electron chi connectivity index (χ2n) is 6.07. The van der Waals surface area contributed by atoms with E-state index in [-0.39, 0.29) is 11.3 Å². The highest BCUT2D eigenvalue weighted by Gasteiger charge is 2.47. The van der Waals surface area contributed by atoms with Crippen LogP contribution in [-0.4, -0.2) is 19.6 Å². The summed E-state index contributed by atoms with van der Waals surface area (Å²) in [4.78, 5) is 12.6. The van der Waals surface area contributed by atoms with Crippen molar-refractivity contribution in [3.63, 3.8) is 0 Å². The molecule has 0 aliphatic heterocycles. The van der Waals surface area contributed by atoms with Crippen LogP contribution in [0.25, 0.3) is 0 Å². The van der Waals surface area contributed by atoms with Crippen molar-refractivity contribution in [1.82, 2.24) is 5.32 Å². The predicted molar refractivity (Wildman–Crippen MR) is 81.0 cm³/mol. The van der Waals surface area contributed by atoms with Gasteiger partial charge in [0, 0.05) is 12.1 Å². The molecule has 0 spiro atoms. The van der Waals surface area contributed by atoms with Crippen LogP contribution in [0.15, 0.2) is 24.3 Å². The van der Waals surface area contributed by atoms with Crippen molar-refractivity contribution >= 4 is 5.91 Å². The predicted octanol–water partition coefficient (Wildman–Crippen LogP) is 3.28. The summed E-state index contributed by atoms with van der Waals surface area (Å²) < 4.78 is 5.44. The first-order valence-electron chi connectivity index (χ1n) is 7.52. The van der Waals surface area contributed by atoms with Crippen molar-refractivity contribution in [2.24, 2.45) is 5.92 Å². The molecule has 0 unspecified atom stereocenters. The number of rotatable bonds is 6. The third kappa shape index (κ3) is 2.82. The van der Waals surface area contributed by atoms with Gasteiger partial charge >= 0.3 is 0 Å². The SMILES string of the molecule is COc1ccccc1C1(C(=O)NCCC(C)C)CCC1. The molecule has 0 aromatic heterocycles. The first-order valence-corrected chi connectivity index (χ1v) is 7.52. The van der Waals surface area contributed by atoms with Gasteiger partial charge in [0.05, 0.1) is 12.5 Å². The summed E-state index contributed by atoms with van der Waals surface area (Å²) in [6.07, 6.45) is 3.96. The van der Waals surface area contributed by atoms with Gasteiger partial charge in [-0.15, -0.1) is 0 Å². The lowest BCUT2D eigenvalue weighted by Gasteiger charge is -2.41. The highest BCUT2D eigenvalue weighted by atomic mass is 16.5. The molecule has 1 aliphatic rings. The molecular weight excluding hydrogens is 250 g/mol. The van der Waals surface area contributed by atoms with Crippen LogP contribution >= 0.6 is 0 Å². The third-order valence-electron chi connectivity index (χ3n) is 4.27. The van der Waals surface area contributed by atoms with Crippen LogP contribution in [0.5, 0.6) is 5.75 Å². The zero-order valence-corrected chi connectivity index (χ0v) is 12.7. The van der Waals surface area contributed by atoms with Crippen LogP contribution in [0, 0.1) is 5.92 Å². The molecule has 110 valence electrons. The summed E-state index contributed by atoms with van der Waals surface area (Å²) in [5, 5.41) is 3.11. The number of hydrogen-bond acceptors (Lipinski definition) is 2. The number of ether oxygens (including phenoxy) is 1. The first-order chi connectivity index (χ1) is 9.60. The Balaban J connectivity index is 2.14. The molecule has 0 atom stereocenters. The molecule has 1 aromatic rings. The summed E-state index contributed by atoms with van der Waals surface area (Å²) in [6, 6.07) is 7.90. The van der Waals surface area contributed by atoms with Gasteiger partial charge in [-0.25, -0.2) is 0 Å². The number of hydrogen-bond donors (Lipinski definition) is 1. The number of nitrogens with one attached hydrogen (secondary N) is 1. The van der Waals surface area contributed by atoms with Gasteiger partial charge in [0.15, 0.2) is 0 Å². The van der Waals surface area contributed by atoms with E-state index in [1.54, 1.807) is 7.11 Å². The Bertz CT molecular complexity index is 464. The topological polar surface area (TPSA) is 38.3 Å². The highest BCUT2D eigenvalue weighted by Crippen LogP contribution is 2.47. The zero-order chi connectivity index (χ0) is 14.6. The van der Waals surface area contributed by atoms with E-state index in [1.807, 2.05) is 24.3 Å².